The standard InChI is InChI=1S/C18H15N/c1-2-14-4-3-5-15(12-14)6-7-16-8-9-18-17(13-16)10-11-19-18/h1,3-5,8-13,19H,6-7H2. The van der Waals surface area contributed by atoms with Crippen LogP contribution < -0.4 is 0 Å². The Labute approximate surface area is 113 Å². The highest BCUT2D eigenvalue weighted by Crippen LogP contribution is 2.16. The Morgan fingerprint density at radius 3 is 2.63 bits per heavy atom. The summed E-state index contributed by atoms with van der Waals surface area (Å²) in [6.45, 7) is 0. The zero-order chi connectivity index (χ0) is 13.1. The number of aromatic amines is 1. The van der Waals surface area contributed by atoms with Crippen molar-refractivity contribution in [2.45, 2.75) is 12.8 Å². The topological polar surface area (TPSA) is 15.8 Å². The van der Waals surface area contributed by atoms with E-state index in [1.54, 1.807) is 0 Å². The van der Waals surface area contributed by atoms with Crippen LogP contribution >= 0.6 is 0 Å². The van der Waals surface area contributed by atoms with Gasteiger partial charge in [0.2, 0.25) is 0 Å². The van der Waals surface area contributed by atoms with E-state index in [2.05, 4.69) is 47.3 Å². The van der Waals surface area contributed by atoms with E-state index < -0.39 is 0 Å². The van der Waals surface area contributed by atoms with Crippen molar-refractivity contribution in [1.82, 2.24) is 4.98 Å². The number of nitrogens with one attached hydrogen (secondary N) is 1. The van der Waals surface area contributed by atoms with Crippen LogP contribution in [-0.4, -0.2) is 4.98 Å². The maximum Gasteiger partial charge on any atom is 0.0454 e. The third kappa shape index (κ3) is 2.53. The molecule has 1 aromatic heterocycles. The number of aryl methyl sites for hydroxylation is 2. The van der Waals surface area contributed by atoms with Gasteiger partial charge in [-0.2, -0.15) is 0 Å². The second-order valence-electron chi connectivity index (χ2n) is 4.74. The molecule has 0 saturated carbocycles. The van der Waals surface area contributed by atoms with Crippen molar-refractivity contribution in [3.8, 4) is 12.3 Å². The van der Waals surface area contributed by atoms with E-state index in [0.717, 1.165) is 18.4 Å². The van der Waals surface area contributed by atoms with Gasteiger partial charge in [-0.25, -0.2) is 0 Å². The van der Waals surface area contributed by atoms with Gasteiger partial charge in [0.05, 0.1) is 0 Å². The number of rotatable bonds is 3. The van der Waals surface area contributed by atoms with Crippen LogP contribution in [0.5, 0.6) is 0 Å². The Kier molecular flexibility index (Phi) is 3.08. The molecular formula is C18H15N. The van der Waals surface area contributed by atoms with Gasteiger partial charge in [0.15, 0.2) is 0 Å². The van der Waals surface area contributed by atoms with Crippen LogP contribution in [0.25, 0.3) is 10.9 Å². The monoisotopic (exact) mass is 245 g/mol. The van der Waals surface area contributed by atoms with E-state index in [4.69, 9.17) is 6.42 Å². The highest BCUT2D eigenvalue weighted by Gasteiger charge is 1.99. The summed E-state index contributed by atoms with van der Waals surface area (Å²) in [6.07, 6.45) is 9.46. The van der Waals surface area contributed by atoms with Crippen molar-refractivity contribution < 1.29 is 0 Å². The molecule has 0 aliphatic heterocycles. The first-order valence-corrected chi connectivity index (χ1v) is 6.47. The number of hydrogen-bond donors (Lipinski definition) is 1. The van der Waals surface area contributed by atoms with Gasteiger partial charge in [0.25, 0.3) is 0 Å². The van der Waals surface area contributed by atoms with Crippen LogP contribution in [0, 0.1) is 12.3 Å². The normalized spacial score (nSPS) is 10.5. The average molecular weight is 245 g/mol. The highest BCUT2D eigenvalue weighted by atomic mass is 14.7. The molecule has 0 spiro atoms. The van der Waals surface area contributed by atoms with Gasteiger partial charge in [-0.05, 0) is 59.7 Å². The summed E-state index contributed by atoms with van der Waals surface area (Å²) in [7, 11) is 0. The molecule has 0 bridgehead atoms. The average Bonchev–Trinajstić information content (AvgIpc) is 2.93. The third-order valence-electron chi connectivity index (χ3n) is 3.41. The summed E-state index contributed by atoms with van der Waals surface area (Å²) in [5.41, 5.74) is 4.81. The zero-order valence-corrected chi connectivity index (χ0v) is 10.7. The van der Waals surface area contributed by atoms with Gasteiger partial charge in [0.1, 0.15) is 0 Å². The van der Waals surface area contributed by atoms with Gasteiger partial charge in [-0.15, -0.1) is 6.42 Å². The molecule has 0 radical (unpaired) electrons. The van der Waals surface area contributed by atoms with Gasteiger partial charge in [-0.1, -0.05) is 24.1 Å². The van der Waals surface area contributed by atoms with E-state index in [-0.39, 0.29) is 0 Å². The van der Waals surface area contributed by atoms with Crippen molar-refractivity contribution in [3.05, 3.63) is 71.4 Å². The van der Waals surface area contributed by atoms with Crippen LogP contribution in [0.4, 0.5) is 0 Å². The fourth-order valence-electron chi connectivity index (χ4n) is 2.36. The molecule has 0 aliphatic carbocycles. The van der Waals surface area contributed by atoms with E-state index >= 15 is 0 Å². The molecular weight excluding hydrogens is 230 g/mol. The number of H-pyrrole nitrogens is 1. The number of hydrogen-bond acceptors (Lipinski definition) is 0. The predicted molar refractivity (Wildman–Crippen MR) is 80.1 cm³/mol. The van der Waals surface area contributed by atoms with Gasteiger partial charge >= 0.3 is 0 Å². The van der Waals surface area contributed by atoms with Crippen LogP contribution in [-0.2, 0) is 12.8 Å². The first-order chi connectivity index (χ1) is 9.35. The maximum absolute atomic E-state index is 5.42. The lowest BCUT2D eigenvalue weighted by Gasteiger charge is -2.03. The van der Waals surface area contributed by atoms with Gasteiger partial charge in [-0.3, -0.25) is 0 Å². The smallest absolute Gasteiger partial charge is 0.0454 e. The largest absolute Gasteiger partial charge is 0.361 e. The Hall–Kier alpha value is -2.46. The molecule has 0 aliphatic rings. The molecule has 1 nitrogen and oxygen atoms in total. The summed E-state index contributed by atoms with van der Waals surface area (Å²) in [5, 5.41) is 1.27. The van der Waals surface area contributed by atoms with Crippen molar-refractivity contribution >= 4 is 10.9 Å². The summed E-state index contributed by atoms with van der Waals surface area (Å²) in [6, 6.07) is 16.9. The number of terminal acetylenes is 1. The molecule has 3 rings (SSSR count). The van der Waals surface area contributed by atoms with E-state index in [1.165, 1.54) is 22.0 Å². The summed E-state index contributed by atoms with van der Waals surface area (Å²) in [5.74, 6) is 2.68. The molecule has 1 N–H and O–H groups in total. The van der Waals surface area contributed by atoms with Crippen molar-refractivity contribution in [3.63, 3.8) is 0 Å². The minimum absolute atomic E-state index is 0.957. The van der Waals surface area contributed by atoms with Crippen LogP contribution in [0.2, 0.25) is 0 Å². The van der Waals surface area contributed by atoms with Crippen molar-refractivity contribution in [1.29, 1.82) is 0 Å². The summed E-state index contributed by atoms with van der Waals surface area (Å²) < 4.78 is 0. The second kappa shape index (κ2) is 5.04. The lowest BCUT2D eigenvalue weighted by molar-refractivity contribution is 0.962. The molecule has 0 amide bonds. The van der Waals surface area contributed by atoms with E-state index in [1.807, 2.05) is 18.3 Å². The second-order valence-corrected chi connectivity index (χ2v) is 4.74. The molecule has 0 unspecified atom stereocenters. The molecule has 19 heavy (non-hydrogen) atoms. The number of fused-ring (bicyclic) bond motifs is 1. The number of aromatic nitrogens is 1. The molecule has 2 aromatic carbocycles. The van der Waals surface area contributed by atoms with E-state index in [9.17, 15) is 0 Å². The fourth-order valence-corrected chi connectivity index (χ4v) is 2.36. The molecule has 1 heterocycles. The van der Waals surface area contributed by atoms with Crippen LogP contribution in [0.15, 0.2) is 54.7 Å². The molecule has 3 aromatic rings. The van der Waals surface area contributed by atoms with E-state index in [0.29, 0.717) is 0 Å². The minimum atomic E-state index is 0.957. The van der Waals surface area contributed by atoms with Gasteiger partial charge < -0.3 is 4.98 Å². The Morgan fingerprint density at radius 2 is 1.79 bits per heavy atom. The Balaban J connectivity index is 1.76. The minimum Gasteiger partial charge on any atom is -0.361 e. The first-order valence-electron chi connectivity index (χ1n) is 6.47. The molecule has 0 saturated heterocycles. The third-order valence-corrected chi connectivity index (χ3v) is 3.41. The van der Waals surface area contributed by atoms with Crippen LogP contribution in [0.3, 0.4) is 0 Å². The highest BCUT2D eigenvalue weighted by molar-refractivity contribution is 5.79. The first kappa shape index (κ1) is 11.6. The zero-order valence-electron chi connectivity index (χ0n) is 10.7. The van der Waals surface area contributed by atoms with Crippen LogP contribution in [0.1, 0.15) is 16.7 Å². The fraction of sp³-hybridized carbons (Fsp3) is 0.111. The molecule has 92 valence electrons. The molecule has 0 atom stereocenters. The molecule has 1 heteroatoms. The predicted octanol–water partition coefficient (Wildman–Crippen LogP) is 3.93. The van der Waals surface area contributed by atoms with Gasteiger partial charge in [0, 0.05) is 17.3 Å². The SMILES string of the molecule is C#Cc1cccc(CCc2ccc3[nH]ccc3c2)c1. The lowest BCUT2D eigenvalue weighted by atomic mass is 10.0. The maximum atomic E-state index is 5.42. The Bertz CT molecular complexity index is 743. The van der Waals surface area contributed by atoms with Crippen molar-refractivity contribution in [2.24, 2.45) is 0 Å². The summed E-state index contributed by atoms with van der Waals surface area (Å²) >= 11 is 0. The Morgan fingerprint density at radius 1 is 0.947 bits per heavy atom. The number of benzene rings is 2. The molecule has 0 fully saturated rings. The summed E-state index contributed by atoms with van der Waals surface area (Å²) in [4.78, 5) is 3.21. The quantitative estimate of drug-likeness (QED) is 0.673. The lowest BCUT2D eigenvalue weighted by Crippen LogP contribution is -1.91. The van der Waals surface area contributed by atoms with Crippen molar-refractivity contribution in [2.75, 3.05) is 0 Å².